The molecule has 0 aliphatic heterocycles. The van der Waals surface area contributed by atoms with E-state index in [0.29, 0.717) is 16.9 Å². The predicted molar refractivity (Wildman–Crippen MR) is 97.4 cm³/mol. The van der Waals surface area contributed by atoms with Crippen LogP contribution in [0.25, 0.3) is 0 Å². The van der Waals surface area contributed by atoms with E-state index in [-0.39, 0.29) is 17.3 Å². The van der Waals surface area contributed by atoms with Crippen molar-refractivity contribution in [2.75, 3.05) is 17.7 Å². The fraction of sp³-hybridized carbons (Fsp3) is 0.0526. The number of hydrogen-bond donors (Lipinski definition) is 2. The molecule has 8 heteroatoms. The number of halogens is 1. The molecule has 0 atom stereocenters. The van der Waals surface area contributed by atoms with Crippen LogP contribution in [-0.2, 0) is 4.74 Å². The van der Waals surface area contributed by atoms with Crippen molar-refractivity contribution >= 4 is 29.2 Å². The average Bonchev–Trinajstić information content (AvgIpc) is 2.68. The number of rotatable bonds is 5. The number of aromatic nitrogens is 2. The van der Waals surface area contributed by atoms with Crippen LogP contribution >= 0.6 is 0 Å². The Morgan fingerprint density at radius 3 is 2.30 bits per heavy atom. The van der Waals surface area contributed by atoms with Crippen molar-refractivity contribution < 1.29 is 18.7 Å². The van der Waals surface area contributed by atoms with Gasteiger partial charge in [-0.2, -0.15) is 0 Å². The largest absolute Gasteiger partial charge is 0.465 e. The molecule has 3 rings (SSSR count). The summed E-state index contributed by atoms with van der Waals surface area (Å²) < 4.78 is 17.8. The Morgan fingerprint density at radius 2 is 1.67 bits per heavy atom. The zero-order valence-electron chi connectivity index (χ0n) is 14.3. The first kappa shape index (κ1) is 18.0. The Balaban J connectivity index is 1.64. The molecule has 0 unspecified atom stereocenters. The summed E-state index contributed by atoms with van der Waals surface area (Å²) in [5.41, 5.74) is 1.64. The van der Waals surface area contributed by atoms with E-state index in [1.54, 1.807) is 36.4 Å². The molecule has 0 spiro atoms. The molecule has 2 N–H and O–H groups in total. The fourth-order valence-corrected chi connectivity index (χ4v) is 2.22. The molecule has 1 heterocycles. The fourth-order valence-electron chi connectivity index (χ4n) is 2.22. The van der Waals surface area contributed by atoms with Gasteiger partial charge in [0.1, 0.15) is 5.82 Å². The Kier molecular flexibility index (Phi) is 5.36. The van der Waals surface area contributed by atoms with E-state index in [2.05, 4.69) is 25.3 Å². The molecule has 0 aliphatic carbocycles. The lowest BCUT2D eigenvalue weighted by atomic mass is 10.2. The number of carbonyl (C=O) groups excluding carboxylic acids is 2. The topological polar surface area (TPSA) is 93.2 Å². The summed E-state index contributed by atoms with van der Waals surface area (Å²) in [6.45, 7) is 0. The standard InChI is InChI=1S/C19H15FN4O3/c1-27-18(26)12-5-7-15(8-6-12)23-17(25)13-10-21-19(22-11-13)24-16-4-2-3-14(20)9-16/h2-11H,1H3,(H,23,25)(H,21,22,24). The van der Waals surface area contributed by atoms with Gasteiger partial charge in [0.05, 0.1) is 18.2 Å². The Morgan fingerprint density at radius 1 is 0.963 bits per heavy atom. The molecule has 0 aliphatic rings. The second kappa shape index (κ2) is 8.05. The molecule has 0 fully saturated rings. The van der Waals surface area contributed by atoms with Crippen LogP contribution in [0, 0.1) is 5.82 Å². The highest BCUT2D eigenvalue weighted by molar-refractivity contribution is 6.04. The van der Waals surface area contributed by atoms with Gasteiger partial charge in [-0.25, -0.2) is 19.2 Å². The lowest BCUT2D eigenvalue weighted by Gasteiger charge is -2.07. The summed E-state index contributed by atoms with van der Waals surface area (Å²) in [5, 5.41) is 5.52. The molecular formula is C19H15FN4O3. The number of benzene rings is 2. The van der Waals surface area contributed by atoms with Gasteiger partial charge in [-0.05, 0) is 42.5 Å². The SMILES string of the molecule is COC(=O)c1ccc(NC(=O)c2cnc(Nc3cccc(F)c3)nc2)cc1. The number of nitrogens with one attached hydrogen (secondary N) is 2. The molecule has 1 amide bonds. The van der Waals surface area contributed by atoms with E-state index in [9.17, 15) is 14.0 Å². The van der Waals surface area contributed by atoms with Gasteiger partial charge >= 0.3 is 5.97 Å². The maximum atomic E-state index is 13.2. The monoisotopic (exact) mass is 366 g/mol. The third kappa shape index (κ3) is 4.63. The Hall–Kier alpha value is -3.81. The first-order valence-electron chi connectivity index (χ1n) is 7.89. The first-order valence-corrected chi connectivity index (χ1v) is 7.89. The molecule has 2 aromatic carbocycles. The van der Waals surface area contributed by atoms with Gasteiger partial charge in [-0.1, -0.05) is 6.07 Å². The number of carbonyl (C=O) groups is 2. The molecule has 7 nitrogen and oxygen atoms in total. The lowest BCUT2D eigenvalue weighted by Crippen LogP contribution is -2.13. The highest BCUT2D eigenvalue weighted by Crippen LogP contribution is 2.15. The van der Waals surface area contributed by atoms with E-state index in [0.717, 1.165) is 0 Å². The van der Waals surface area contributed by atoms with E-state index < -0.39 is 11.9 Å². The van der Waals surface area contributed by atoms with E-state index >= 15 is 0 Å². The summed E-state index contributed by atoms with van der Waals surface area (Å²) in [5.74, 6) is -1.01. The third-order valence-corrected chi connectivity index (χ3v) is 3.56. The molecular weight excluding hydrogens is 351 g/mol. The molecule has 1 aromatic heterocycles. The van der Waals surface area contributed by atoms with Crippen molar-refractivity contribution in [1.82, 2.24) is 9.97 Å². The summed E-state index contributed by atoms with van der Waals surface area (Å²) in [4.78, 5) is 31.7. The molecule has 27 heavy (non-hydrogen) atoms. The van der Waals surface area contributed by atoms with Crippen LogP contribution in [0.1, 0.15) is 20.7 Å². The molecule has 3 aromatic rings. The minimum Gasteiger partial charge on any atom is -0.465 e. The quantitative estimate of drug-likeness (QED) is 0.672. The van der Waals surface area contributed by atoms with Gasteiger partial charge in [-0.15, -0.1) is 0 Å². The third-order valence-electron chi connectivity index (χ3n) is 3.56. The number of esters is 1. The van der Waals surface area contributed by atoms with Crippen LogP contribution in [0.4, 0.5) is 21.7 Å². The van der Waals surface area contributed by atoms with Crippen LogP contribution in [-0.4, -0.2) is 29.0 Å². The van der Waals surface area contributed by atoms with Crippen molar-refractivity contribution in [3.8, 4) is 0 Å². The van der Waals surface area contributed by atoms with Gasteiger partial charge in [0.25, 0.3) is 5.91 Å². The molecule has 0 bridgehead atoms. The zero-order valence-corrected chi connectivity index (χ0v) is 14.3. The molecule has 0 radical (unpaired) electrons. The normalized spacial score (nSPS) is 10.1. The van der Waals surface area contributed by atoms with Crippen molar-refractivity contribution in [2.24, 2.45) is 0 Å². The van der Waals surface area contributed by atoms with Gasteiger partial charge in [0, 0.05) is 23.8 Å². The summed E-state index contributed by atoms with van der Waals surface area (Å²) in [6, 6.07) is 12.1. The number of nitrogens with zero attached hydrogens (tertiary/aromatic N) is 2. The maximum absolute atomic E-state index is 13.2. The zero-order chi connectivity index (χ0) is 19.2. The van der Waals surface area contributed by atoms with Crippen LogP contribution < -0.4 is 10.6 Å². The molecule has 0 saturated heterocycles. The van der Waals surface area contributed by atoms with E-state index in [4.69, 9.17) is 0 Å². The Labute approximate surface area is 154 Å². The van der Waals surface area contributed by atoms with E-state index in [1.807, 2.05) is 0 Å². The number of methoxy groups -OCH3 is 1. The van der Waals surface area contributed by atoms with Gasteiger partial charge in [0.2, 0.25) is 5.95 Å². The first-order chi connectivity index (χ1) is 13.0. The number of ether oxygens (including phenoxy) is 1. The van der Waals surface area contributed by atoms with Crippen LogP contribution in [0.3, 0.4) is 0 Å². The number of hydrogen-bond acceptors (Lipinski definition) is 6. The smallest absolute Gasteiger partial charge is 0.337 e. The summed E-state index contributed by atoms with van der Waals surface area (Å²) >= 11 is 0. The number of anilines is 3. The van der Waals surface area contributed by atoms with Gasteiger partial charge < -0.3 is 15.4 Å². The number of amides is 1. The Bertz CT molecular complexity index is 959. The summed E-state index contributed by atoms with van der Waals surface area (Å²) in [7, 11) is 1.30. The molecule has 136 valence electrons. The minimum absolute atomic E-state index is 0.236. The summed E-state index contributed by atoms with van der Waals surface area (Å²) in [6.07, 6.45) is 2.71. The highest BCUT2D eigenvalue weighted by atomic mass is 19.1. The second-order valence-corrected chi connectivity index (χ2v) is 5.45. The maximum Gasteiger partial charge on any atom is 0.337 e. The highest BCUT2D eigenvalue weighted by Gasteiger charge is 2.09. The van der Waals surface area contributed by atoms with Crippen LogP contribution in [0.15, 0.2) is 60.9 Å². The van der Waals surface area contributed by atoms with Crippen molar-refractivity contribution in [3.05, 3.63) is 77.9 Å². The van der Waals surface area contributed by atoms with Crippen molar-refractivity contribution in [3.63, 3.8) is 0 Å². The van der Waals surface area contributed by atoms with Crippen LogP contribution in [0.5, 0.6) is 0 Å². The molecule has 0 saturated carbocycles. The van der Waals surface area contributed by atoms with Crippen molar-refractivity contribution in [2.45, 2.75) is 0 Å². The predicted octanol–water partition coefficient (Wildman–Crippen LogP) is 3.40. The lowest BCUT2D eigenvalue weighted by molar-refractivity contribution is 0.0600. The van der Waals surface area contributed by atoms with E-state index in [1.165, 1.54) is 31.6 Å². The van der Waals surface area contributed by atoms with Gasteiger partial charge in [-0.3, -0.25) is 4.79 Å². The van der Waals surface area contributed by atoms with Crippen LogP contribution in [0.2, 0.25) is 0 Å². The average molecular weight is 366 g/mol. The minimum atomic E-state index is -0.456. The van der Waals surface area contributed by atoms with Gasteiger partial charge in [0.15, 0.2) is 0 Å². The second-order valence-electron chi connectivity index (χ2n) is 5.45. The van der Waals surface area contributed by atoms with Crippen molar-refractivity contribution in [1.29, 1.82) is 0 Å².